The van der Waals surface area contributed by atoms with Gasteiger partial charge in [0.25, 0.3) is 0 Å². The molecule has 1 aromatic carbocycles. The van der Waals surface area contributed by atoms with Crippen LogP contribution in [0.15, 0.2) is 35.3 Å². The molecule has 0 bridgehead atoms. The quantitative estimate of drug-likeness (QED) is 0.477. The summed E-state index contributed by atoms with van der Waals surface area (Å²) in [5.41, 5.74) is 0.575. The molecule has 1 aromatic rings. The van der Waals surface area contributed by atoms with E-state index in [2.05, 4.69) is 20.9 Å². The van der Waals surface area contributed by atoms with Crippen molar-refractivity contribution < 1.29 is 14.3 Å². The van der Waals surface area contributed by atoms with Gasteiger partial charge >= 0.3 is 6.09 Å². The maximum Gasteiger partial charge on any atom is 0.410 e. The van der Waals surface area contributed by atoms with Crippen molar-refractivity contribution in [1.29, 1.82) is 0 Å². The first-order chi connectivity index (χ1) is 13.8. The average molecular weight is 404 g/mol. The van der Waals surface area contributed by atoms with Crippen LogP contribution in [0.2, 0.25) is 0 Å². The van der Waals surface area contributed by atoms with E-state index >= 15 is 0 Å². The summed E-state index contributed by atoms with van der Waals surface area (Å²) in [5.74, 6) is 0.616. The van der Waals surface area contributed by atoms with Crippen LogP contribution in [-0.2, 0) is 16.1 Å². The lowest BCUT2D eigenvalue weighted by atomic mass is 10.1. The van der Waals surface area contributed by atoms with Crippen molar-refractivity contribution in [3.8, 4) is 0 Å². The van der Waals surface area contributed by atoms with Gasteiger partial charge in [-0.1, -0.05) is 30.3 Å². The first kappa shape index (κ1) is 22.5. The van der Waals surface area contributed by atoms with E-state index in [4.69, 9.17) is 4.74 Å². The number of guanidine groups is 1. The van der Waals surface area contributed by atoms with Gasteiger partial charge in [0.2, 0.25) is 5.91 Å². The fraction of sp³-hybridized carbons (Fsp3) is 0.571. The molecule has 160 valence electrons. The number of hydrogen-bond donors (Lipinski definition) is 3. The first-order valence-electron chi connectivity index (χ1n) is 10.1. The third-order valence-electron chi connectivity index (χ3n) is 4.16. The summed E-state index contributed by atoms with van der Waals surface area (Å²) >= 11 is 0. The molecule has 1 saturated heterocycles. The Bertz CT molecular complexity index is 694. The third-order valence-corrected chi connectivity index (χ3v) is 4.16. The van der Waals surface area contributed by atoms with Crippen LogP contribution in [0.4, 0.5) is 4.79 Å². The monoisotopic (exact) mass is 403 g/mol. The number of hydrogen-bond acceptors (Lipinski definition) is 4. The van der Waals surface area contributed by atoms with Gasteiger partial charge in [-0.3, -0.25) is 9.79 Å². The largest absolute Gasteiger partial charge is 0.444 e. The molecule has 1 aliphatic heterocycles. The number of likely N-dealkylation sites (tertiary alicyclic amines) is 1. The van der Waals surface area contributed by atoms with Gasteiger partial charge in [-0.25, -0.2) is 4.79 Å². The molecular weight excluding hydrogens is 370 g/mol. The molecular formula is C21H33N5O3. The van der Waals surface area contributed by atoms with Crippen LogP contribution < -0.4 is 16.0 Å². The molecule has 0 saturated carbocycles. The molecule has 8 nitrogen and oxygen atoms in total. The molecule has 2 rings (SSSR count). The van der Waals surface area contributed by atoms with E-state index in [0.29, 0.717) is 45.1 Å². The second-order valence-electron chi connectivity index (χ2n) is 8.00. The van der Waals surface area contributed by atoms with E-state index < -0.39 is 5.60 Å². The number of amides is 2. The van der Waals surface area contributed by atoms with Crippen molar-refractivity contribution >= 4 is 18.0 Å². The van der Waals surface area contributed by atoms with Crippen LogP contribution in [0.25, 0.3) is 0 Å². The maximum absolute atomic E-state index is 12.0. The summed E-state index contributed by atoms with van der Waals surface area (Å²) < 4.78 is 5.36. The van der Waals surface area contributed by atoms with Gasteiger partial charge in [0, 0.05) is 32.6 Å². The topological polar surface area (TPSA) is 95.1 Å². The Kier molecular flexibility index (Phi) is 8.30. The molecule has 1 fully saturated rings. The predicted octanol–water partition coefficient (Wildman–Crippen LogP) is 1.87. The number of nitrogens with one attached hydrogen (secondary N) is 3. The summed E-state index contributed by atoms with van der Waals surface area (Å²) in [5, 5.41) is 9.36. The standard InChI is InChI=1S/C21H33N5O3/c1-5-22-19(25-17-14-26(15-17)20(28)29-21(2,3)4)23-12-11-18(27)24-13-16-9-7-6-8-10-16/h6-10,17H,5,11-15H2,1-4H3,(H,24,27)(H2,22,23,25). The van der Waals surface area contributed by atoms with Crippen LogP contribution in [0.1, 0.15) is 39.7 Å². The Morgan fingerprint density at radius 1 is 1.17 bits per heavy atom. The SMILES string of the molecule is CCNC(=NCCC(=O)NCc1ccccc1)NC1CN(C(=O)OC(C)(C)C)C1. The lowest BCUT2D eigenvalue weighted by molar-refractivity contribution is -0.121. The average Bonchev–Trinajstić information content (AvgIpc) is 2.61. The molecule has 8 heteroatoms. The number of carbonyl (C=O) groups is 2. The fourth-order valence-corrected chi connectivity index (χ4v) is 2.71. The summed E-state index contributed by atoms with van der Waals surface area (Å²) in [6.45, 7) is 10.3. The third kappa shape index (κ3) is 8.41. The van der Waals surface area contributed by atoms with Crippen molar-refractivity contribution in [2.24, 2.45) is 4.99 Å². The van der Waals surface area contributed by atoms with Crippen LogP contribution in [0.5, 0.6) is 0 Å². The van der Waals surface area contributed by atoms with E-state index in [0.717, 1.165) is 5.56 Å². The highest BCUT2D eigenvalue weighted by Gasteiger charge is 2.34. The van der Waals surface area contributed by atoms with E-state index in [1.807, 2.05) is 58.0 Å². The first-order valence-corrected chi connectivity index (χ1v) is 10.1. The molecule has 0 atom stereocenters. The Hall–Kier alpha value is -2.77. The second-order valence-corrected chi connectivity index (χ2v) is 8.00. The van der Waals surface area contributed by atoms with E-state index in [1.165, 1.54) is 0 Å². The van der Waals surface area contributed by atoms with Crippen molar-refractivity contribution in [3.05, 3.63) is 35.9 Å². The van der Waals surface area contributed by atoms with Gasteiger partial charge < -0.3 is 25.6 Å². The Balaban J connectivity index is 1.70. The zero-order valence-electron chi connectivity index (χ0n) is 17.8. The highest BCUT2D eigenvalue weighted by Crippen LogP contribution is 2.15. The van der Waals surface area contributed by atoms with E-state index in [1.54, 1.807) is 4.90 Å². The number of ether oxygens (including phenoxy) is 1. The Labute approximate surface area is 173 Å². The number of benzene rings is 1. The molecule has 29 heavy (non-hydrogen) atoms. The predicted molar refractivity (Wildman–Crippen MR) is 114 cm³/mol. The van der Waals surface area contributed by atoms with Crippen LogP contribution >= 0.6 is 0 Å². The molecule has 0 unspecified atom stereocenters. The van der Waals surface area contributed by atoms with Crippen LogP contribution in [0, 0.1) is 0 Å². The van der Waals surface area contributed by atoms with Gasteiger partial charge in [-0.2, -0.15) is 0 Å². The van der Waals surface area contributed by atoms with Crippen LogP contribution in [-0.4, -0.2) is 60.7 Å². The Morgan fingerprint density at radius 2 is 1.86 bits per heavy atom. The number of nitrogens with zero attached hydrogens (tertiary/aromatic N) is 2. The van der Waals surface area contributed by atoms with Gasteiger partial charge in [0.1, 0.15) is 5.60 Å². The lowest BCUT2D eigenvalue weighted by Gasteiger charge is -2.40. The second kappa shape index (κ2) is 10.7. The molecule has 0 aliphatic carbocycles. The van der Waals surface area contributed by atoms with Gasteiger partial charge in [0.15, 0.2) is 5.96 Å². The van der Waals surface area contributed by atoms with Crippen molar-refractivity contribution in [3.63, 3.8) is 0 Å². The number of aliphatic imine (C=N–C) groups is 1. The van der Waals surface area contributed by atoms with Gasteiger partial charge in [0.05, 0.1) is 12.6 Å². The summed E-state index contributed by atoms with van der Waals surface area (Å²) in [4.78, 5) is 30.1. The molecule has 0 radical (unpaired) electrons. The molecule has 2 amide bonds. The Morgan fingerprint density at radius 3 is 2.48 bits per heavy atom. The number of carbonyl (C=O) groups excluding carboxylic acids is 2. The molecule has 0 spiro atoms. The normalized spacial score (nSPS) is 14.8. The molecule has 1 aliphatic rings. The van der Waals surface area contributed by atoms with E-state index in [-0.39, 0.29) is 18.0 Å². The maximum atomic E-state index is 12.0. The summed E-state index contributed by atoms with van der Waals surface area (Å²) in [7, 11) is 0. The minimum absolute atomic E-state index is 0.0341. The molecule has 0 aromatic heterocycles. The minimum atomic E-state index is -0.493. The van der Waals surface area contributed by atoms with Gasteiger partial charge in [-0.15, -0.1) is 0 Å². The van der Waals surface area contributed by atoms with Crippen molar-refractivity contribution in [2.45, 2.75) is 52.3 Å². The highest BCUT2D eigenvalue weighted by atomic mass is 16.6. The fourth-order valence-electron chi connectivity index (χ4n) is 2.71. The number of rotatable bonds is 7. The highest BCUT2D eigenvalue weighted by molar-refractivity contribution is 5.81. The zero-order chi connectivity index (χ0) is 21.3. The zero-order valence-corrected chi connectivity index (χ0v) is 17.8. The van der Waals surface area contributed by atoms with Crippen molar-refractivity contribution in [2.75, 3.05) is 26.2 Å². The minimum Gasteiger partial charge on any atom is -0.444 e. The van der Waals surface area contributed by atoms with Crippen LogP contribution in [0.3, 0.4) is 0 Å². The lowest BCUT2D eigenvalue weighted by Crippen LogP contribution is -2.63. The van der Waals surface area contributed by atoms with E-state index in [9.17, 15) is 9.59 Å². The molecule has 1 heterocycles. The smallest absolute Gasteiger partial charge is 0.410 e. The van der Waals surface area contributed by atoms with Gasteiger partial charge in [-0.05, 0) is 33.3 Å². The molecule has 3 N–H and O–H groups in total. The summed E-state index contributed by atoms with van der Waals surface area (Å²) in [6.07, 6.45) is 0.0190. The summed E-state index contributed by atoms with van der Waals surface area (Å²) in [6, 6.07) is 9.92. The van der Waals surface area contributed by atoms with Crippen molar-refractivity contribution in [1.82, 2.24) is 20.9 Å².